The molecule has 0 radical (unpaired) electrons. The third-order valence-electron chi connectivity index (χ3n) is 3.68. The van der Waals surface area contributed by atoms with Crippen molar-refractivity contribution in [2.45, 2.75) is 46.0 Å². The van der Waals surface area contributed by atoms with Crippen LogP contribution in [0.5, 0.6) is 0 Å². The Morgan fingerprint density at radius 3 is 2.44 bits per heavy atom. The van der Waals surface area contributed by atoms with E-state index in [9.17, 15) is 4.79 Å². The Hall–Kier alpha value is -0.570. The summed E-state index contributed by atoms with van der Waals surface area (Å²) in [5.74, 6) is 1.90. The predicted molar refractivity (Wildman–Crippen MR) is 67.0 cm³/mol. The van der Waals surface area contributed by atoms with Crippen molar-refractivity contribution < 1.29 is 4.79 Å². The van der Waals surface area contributed by atoms with Crippen molar-refractivity contribution >= 4 is 5.91 Å². The summed E-state index contributed by atoms with van der Waals surface area (Å²) in [5.41, 5.74) is 5.42. The monoisotopic (exact) mass is 226 g/mol. The molecule has 0 saturated carbocycles. The summed E-state index contributed by atoms with van der Waals surface area (Å²) in [6.07, 6.45) is 4.96. The van der Waals surface area contributed by atoms with E-state index < -0.39 is 0 Å². The fraction of sp³-hybridized carbons (Fsp3) is 0.923. The minimum atomic E-state index is 0.329. The molecule has 0 bridgehead atoms. The summed E-state index contributed by atoms with van der Waals surface area (Å²) in [7, 11) is 0. The van der Waals surface area contributed by atoms with Gasteiger partial charge in [-0.15, -0.1) is 0 Å². The molecule has 3 nitrogen and oxygen atoms in total. The number of amides is 1. The van der Waals surface area contributed by atoms with Gasteiger partial charge < -0.3 is 10.6 Å². The van der Waals surface area contributed by atoms with Gasteiger partial charge in [0.05, 0.1) is 0 Å². The molecule has 0 aromatic heterocycles. The lowest BCUT2D eigenvalue weighted by molar-refractivity contribution is -0.132. The number of likely N-dealkylation sites (tertiary alicyclic amines) is 1. The average Bonchev–Trinajstić information content (AvgIpc) is 2.29. The zero-order chi connectivity index (χ0) is 12.0. The molecule has 1 saturated heterocycles. The molecule has 0 aromatic rings. The molecule has 1 heterocycles. The fourth-order valence-corrected chi connectivity index (χ4v) is 2.39. The topological polar surface area (TPSA) is 46.3 Å². The molecule has 0 spiro atoms. The van der Waals surface area contributed by atoms with E-state index in [-0.39, 0.29) is 0 Å². The molecule has 1 aliphatic heterocycles. The Morgan fingerprint density at radius 1 is 1.31 bits per heavy atom. The highest BCUT2D eigenvalue weighted by Gasteiger charge is 2.23. The Morgan fingerprint density at radius 2 is 1.94 bits per heavy atom. The van der Waals surface area contributed by atoms with Gasteiger partial charge in [-0.05, 0) is 44.1 Å². The highest BCUT2D eigenvalue weighted by molar-refractivity contribution is 5.76. The molecule has 0 aromatic carbocycles. The van der Waals surface area contributed by atoms with E-state index in [2.05, 4.69) is 13.8 Å². The van der Waals surface area contributed by atoms with Gasteiger partial charge in [0.1, 0.15) is 0 Å². The third kappa shape index (κ3) is 4.12. The number of nitrogens with zero attached hydrogens (tertiary/aromatic N) is 1. The quantitative estimate of drug-likeness (QED) is 0.729. The van der Waals surface area contributed by atoms with Crippen LogP contribution >= 0.6 is 0 Å². The van der Waals surface area contributed by atoms with E-state index in [1.165, 1.54) is 12.8 Å². The van der Waals surface area contributed by atoms with E-state index in [1.807, 2.05) is 4.90 Å². The molecular weight excluding hydrogens is 200 g/mol. The number of carbonyl (C=O) groups is 1. The first kappa shape index (κ1) is 13.5. The Balaban J connectivity index is 2.22. The van der Waals surface area contributed by atoms with Crippen LogP contribution in [0, 0.1) is 11.8 Å². The smallest absolute Gasteiger partial charge is 0.222 e. The maximum absolute atomic E-state index is 11.8. The lowest BCUT2D eigenvalue weighted by Gasteiger charge is -2.34. The molecule has 1 aliphatic rings. The van der Waals surface area contributed by atoms with Crippen LogP contribution in [-0.2, 0) is 4.79 Å². The van der Waals surface area contributed by atoms with Crippen LogP contribution in [0.15, 0.2) is 0 Å². The number of hydrogen-bond donors (Lipinski definition) is 1. The van der Waals surface area contributed by atoms with Crippen LogP contribution in [0.4, 0.5) is 0 Å². The van der Waals surface area contributed by atoms with E-state index in [1.54, 1.807) is 0 Å². The van der Waals surface area contributed by atoms with Gasteiger partial charge in [0.25, 0.3) is 0 Å². The minimum absolute atomic E-state index is 0.329. The molecule has 3 heteroatoms. The molecular formula is C13H26N2O. The van der Waals surface area contributed by atoms with Crippen molar-refractivity contribution in [3.63, 3.8) is 0 Å². The van der Waals surface area contributed by atoms with Gasteiger partial charge in [0.15, 0.2) is 0 Å². The van der Waals surface area contributed by atoms with E-state index in [0.29, 0.717) is 18.9 Å². The van der Waals surface area contributed by atoms with Crippen molar-refractivity contribution in [3.05, 3.63) is 0 Å². The highest BCUT2D eigenvalue weighted by atomic mass is 16.2. The van der Waals surface area contributed by atoms with E-state index in [4.69, 9.17) is 5.73 Å². The Kier molecular flexibility index (Phi) is 5.81. The van der Waals surface area contributed by atoms with Crippen molar-refractivity contribution in [2.75, 3.05) is 19.6 Å². The largest absolute Gasteiger partial charge is 0.343 e. The number of unbranched alkanes of at least 4 members (excludes halogenated alkanes) is 1. The number of hydrogen-bond acceptors (Lipinski definition) is 2. The van der Waals surface area contributed by atoms with Gasteiger partial charge in [-0.3, -0.25) is 4.79 Å². The van der Waals surface area contributed by atoms with Crippen LogP contribution in [-0.4, -0.2) is 30.4 Å². The number of carbonyl (C=O) groups excluding carboxylic acids is 1. The normalized spacial score (nSPS) is 18.1. The third-order valence-corrected chi connectivity index (χ3v) is 3.68. The summed E-state index contributed by atoms with van der Waals surface area (Å²) < 4.78 is 0. The van der Waals surface area contributed by atoms with Crippen LogP contribution in [0.25, 0.3) is 0 Å². The lowest BCUT2D eigenvalue weighted by Crippen LogP contribution is -2.39. The fourth-order valence-electron chi connectivity index (χ4n) is 2.39. The molecule has 1 fully saturated rings. The SMILES string of the molecule is CC(C)C1CCN(C(=O)CCCCN)CC1. The standard InChI is InChI=1S/C13H26N2O/c1-11(2)12-6-9-15(10-7-12)13(16)5-3-4-8-14/h11-12H,3-10,14H2,1-2H3. The van der Waals surface area contributed by atoms with Gasteiger partial charge in [-0.2, -0.15) is 0 Å². The van der Waals surface area contributed by atoms with Gasteiger partial charge in [0, 0.05) is 19.5 Å². The molecule has 0 atom stereocenters. The molecule has 94 valence electrons. The zero-order valence-corrected chi connectivity index (χ0v) is 10.7. The molecule has 1 rings (SSSR count). The molecule has 1 amide bonds. The highest BCUT2D eigenvalue weighted by Crippen LogP contribution is 2.24. The molecule has 0 unspecified atom stereocenters. The van der Waals surface area contributed by atoms with E-state index >= 15 is 0 Å². The second-order valence-electron chi connectivity index (χ2n) is 5.21. The second kappa shape index (κ2) is 6.89. The van der Waals surface area contributed by atoms with Crippen LogP contribution in [0.1, 0.15) is 46.0 Å². The van der Waals surface area contributed by atoms with Gasteiger partial charge in [-0.1, -0.05) is 13.8 Å². The van der Waals surface area contributed by atoms with Gasteiger partial charge in [-0.25, -0.2) is 0 Å². The van der Waals surface area contributed by atoms with Gasteiger partial charge >= 0.3 is 0 Å². The first-order chi connectivity index (χ1) is 7.65. The molecule has 0 aliphatic carbocycles. The predicted octanol–water partition coefficient (Wildman–Crippen LogP) is 2.01. The Labute approximate surface area is 99.4 Å². The number of piperidine rings is 1. The van der Waals surface area contributed by atoms with Crippen molar-refractivity contribution in [2.24, 2.45) is 17.6 Å². The van der Waals surface area contributed by atoms with E-state index in [0.717, 1.165) is 37.8 Å². The Bertz CT molecular complexity index is 208. The number of rotatable bonds is 5. The first-order valence-electron chi connectivity index (χ1n) is 6.63. The summed E-state index contributed by atoms with van der Waals surface area (Å²) in [4.78, 5) is 13.9. The summed E-state index contributed by atoms with van der Waals surface area (Å²) in [6, 6.07) is 0. The van der Waals surface area contributed by atoms with Crippen molar-refractivity contribution in [1.82, 2.24) is 4.90 Å². The van der Waals surface area contributed by atoms with Gasteiger partial charge in [0.2, 0.25) is 5.91 Å². The first-order valence-corrected chi connectivity index (χ1v) is 6.63. The lowest BCUT2D eigenvalue weighted by atomic mass is 9.86. The van der Waals surface area contributed by atoms with Crippen molar-refractivity contribution in [1.29, 1.82) is 0 Å². The molecule has 2 N–H and O–H groups in total. The summed E-state index contributed by atoms with van der Waals surface area (Å²) >= 11 is 0. The maximum Gasteiger partial charge on any atom is 0.222 e. The van der Waals surface area contributed by atoms with Crippen molar-refractivity contribution in [3.8, 4) is 0 Å². The van der Waals surface area contributed by atoms with Crippen LogP contribution < -0.4 is 5.73 Å². The zero-order valence-electron chi connectivity index (χ0n) is 10.7. The average molecular weight is 226 g/mol. The van der Waals surface area contributed by atoms with Crippen LogP contribution in [0.3, 0.4) is 0 Å². The summed E-state index contributed by atoms with van der Waals surface area (Å²) in [6.45, 7) is 7.18. The maximum atomic E-state index is 11.8. The molecule has 16 heavy (non-hydrogen) atoms. The number of nitrogens with two attached hydrogens (primary N) is 1. The van der Waals surface area contributed by atoms with Crippen LogP contribution in [0.2, 0.25) is 0 Å². The second-order valence-corrected chi connectivity index (χ2v) is 5.21. The minimum Gasteiger partial charge on any atom is -0.343 e. The summed E-state index contributed by atoms with van der Waals surface area (Å²) in [5, 5.41) is 0.